The molecule has 0 radical (unpaired) electrons. The van der Waals surface area contributed by atoms with Gasteiger partial charge in [0.25, 0.3) is 0 Å². The first-order chi connectivity index (χ1) is 4.43. The van der Waals surface area contributed by atoms with Crippen molar-refractivity contribution < 1.29 is 0 Å². The lowest BCUT2D eigenvalue weighted by Gasteiger charge is -2.11. The van der Waals surface area contributed by atoms with E-state index in [1.807, 2.05) is 0 Å². The molecule has 1 fully saturated rings. The predicted molar refractivity (Wildman–Crippen MR) is 39.6 cm³/mol. The molecular weight excluding hydrogens is 112 g/mol. The van der Waals surface area contributed by atoms with Crippen molar-refractivity contribution in [3.8, 4) is 0 Å². The van der Waals surface area contributed by atoms with E-state index in [-0.39, 0.29) is 0 Å². The summed E-state index contributed by atoms with van der Waals surface area (Å²) in [6.07, 6.45) is 6.40. The number of hydrogen-bond donors (Lipinski definition) is 1. The van der Waals surface area contributed by atoms with Crippen LogP contribution in [0, 0.1) is 0 Å². The molecule has 0 unspecified atom stereocenters. The van der Waals surface area contributed by atoms with E-state index in [4.69, 9.17) is 5.73 Å². The van der Waals surface area contributed by atoms with Crippen molar-refractivity contribution in [2.45, 2.75) is 32.1 Å². The molecule has 1 rings (SSSR count). The molecule has 2 N–H and O–H groups in total. The second-order valence-electron chi connectivity index (χ2n) is 2.47. The third-order valence-corrected chi connectivity index (χ3v) is 1.75. The van der Waals surface area contributed by atoms with Gasteiger partial charge in [0.05, 0.1) is 6.67 Å². The molecule has 52 valence electrons. The van der Waals surface area contributed by atoms with Crippen molar-refractivity contribution in [3.05, 3.63) is 0 Å². The first kappa shape index (κ1) is 6.75. The fourth-order valence-electron chi connectivity index (χ4n) is 1.25. The minimum atomic E-state index is 0.481. The molecule has 1 saturated carbocycles. The number of nitrogens with zero attached hydrogens (tertiary/aromatic N) is 1. The Labute approximate surface area is 56.2 Å². The zero-order valence-corrected chi connectivity index (χ0v) is 5.77. The highest BCUT2D eigenvalue weighted by Gasteiger charge is 2.04. The maximum Gasteiger partial charge on any atom is 0.0858 e. The van der Waals surface area contributed by atoms with Gasteiger partial charge in [-0.2, -0.15) is 0 Å². The van der Waals surface area contributed by atoms with Crippen LogP contribution in [0.25, 0.3) is 0 Å². The second kappa shape index (κ2) is 3.62. The normalized spacial score (nSPS) is 19.9. The van der Waals surface area contributed by atoms with Gasteiger partial charge in [-0.1, -0.05) is 6.42 Å². The van der Waals surface area contributed by atoms with Crippen LogP contribution in [0.2, 0.25) is 0 Å². The van der Waals surface area contributed by atoms with Crippen LogP contribution in [0.1, 0.15) is 32.1 Å². The van der Waals surface area contributed by atoms with E-state index in [9.17, 15) is 0 Å². The SMILES string of the molecule is NCN=C1CCCCC1. The van der Waals surface area contributed by atoms with E-state index >= 15 is 0 Å². The summed E-state index contributed by atoms with van der Waals surface area (Å²) in [6.45, 7) is 0.481. The summed E-state index contributed by atoms with van der Waals surface area (Å²) in [5, 5.41) is 0. The van der Waals surface area contributed by atoms with Crippen LogP contribution in [0.4, 0.5) is 0 Å². The lowest BCUT2D eigenvalue weighted by Crippen LogP contribution is -2.07. The predicted octanol–water partition coefficient (Wildman–Crippen LogP) is 1.31. The summed E-state index contributed by atoms with van der Waals surface area (Å²) in [6, 6.07) is 0. The lowest BCUT2D eigenvalue weighted by atomic mass is 9.99. The molecule has 0 spiro atoms. The largest absolute Gasteiger partial charge is 0.312 e. The molecule has 2 heteroatoms. The summed E-state index contributed by atoms with van der Waals surface area (Å²) in [5.41, 5.74) is 6.61. The van der Waals surface area contributed by atoms with Crippen LogP contribution in [0.15, 0.2) is 4.99 Å². The molecule has 0 aliphatic heterocycles. The van der Waals surface area contributed by atoms with E-state index in [1.54, 1.807) is 0 Å². The Balaban J connectivity index is 2.30. The third kappa shape index (κ3) is 2.14. The Kier molecular flexibility index (Phi) is 2.71. The van der Waals surface area contributed by atoms with Gasteiger partial charge in [-0.15, -0.1) is 0 Å². The average Bonchev–Trinajstić information content (AvgIpc) is 1.91. The van der Waals surface area contributed by atoms with Crippen molar-refractivity contribution in [3.63, 3.8) is 0 Å². The minimum Gasteiger partial charge on any atom is -0.312 e. The van der Waals surface area contributed by atoms with Gasteiger partial charge in [-0.25, -0.2) is 0 Å². The Morgan fingerprint density at radius 1 is 1.22 bits per heavy atom. The maximum absolute atomic E-state index is 5.27. The molecule has 1 aliphatic rings. The van der Waals surface area contributed by atoms with Crippen LogP contribution in [-0.4, -0.2) is 12.4 Å². The van der Waals surface area contributed by atoms with Gasteiger partial charge >= 0.3 is 0 Å². The van der Waals surface area contributed by atoms with E-state index < -0.39 is 0 Å². The lowest BCUT2D eigenvalue weighted by molar-refractivity contribution is 0.663. The smallest absolute Gasteiger partial charge is 0.0858 e. The third-order valence-electron chi connectivity index (χ3n) is 1.75. The van der Waals surface area contributed by atoms with E-state index in [2.05, 4.69) is 4.99 Å². The molecule has 0 atom stereocenters. The van der Waals surface area contributed by atoms with Gasteiger partial charge < -0.3 is 5.73 Å². The van der Waals surface area contributed by atoms with Crippen molar-refractivity contribution in [1.82, 2.24) is 0 Å². The highest BCUT2D eigenvalue weighted by atomic mass is 14.9. The van der Waals surface area contributed by atoms with Crippen LogP contribution in [0.5, 0.6) is 0 Å². The molecule has 0 heterocycles. The molecule has 0 saturated heterocycles. The molecular formula is C7H14N2. The molecule has 0 aromatic rings. The van der Waals surface area contributed by atoms with Gasteiger partial charge in [0.2, 0.25) is 0 Å². The van der Waals surface area contributed by atoms with Crippen LogP contribution in [0.3, 0.4) is 0 Å². The van der Waals surface area contributed by atoms with Gasteiger partial charge in [0.1, 0.15) is 0 Å². The molecule has 0 amide bonds. The fourth-order valence-corrected chi connectivity index (χ4v) is 1.25. The maximum atomic E-state index is 5.27. The molecule has 0 aromatic carbocycles. The minimum absolute atomic E-state index is 0.481. The summed E-state index contributed by atoms with van der Waals surface area (Å²) in [4.78, 5) is 4.18. The first-order valence-corrected chi connectivity index (χ1v) is 3.66. The topological polar surface area (TPSA) is 38.4 Å². The van der Waals surface area contributed by atoms with Crippen LogP contribution < -0.4 is 5.73 Å². The molecule has 9 heavy (non-hydrogen) atoms. The van der Waals surface area contributed by atoms with Gasteiger partial charge in [0, 0.05) is 5.71 Å². The molecule has 1 aliphatic carbocycles. The van der Waals surface area contributed by atoms with Gasteiger partial charge in [0.15, 0.2) is 0 Å². The van der Waals surface area contributed by atoms with Gasteiger partial charge in [-0.3, -0.25) is 4.99 Å². The van der Waals surface area contributed by atoms with Crippen LogP contribution >= 0.6 is 0 Å². The average molecular weight is 126 g/mol. The highest BCUT2D eigenvalue weighted by Crippen LogP contribution is 2.14. The monoisotopic (exact) mass is 126 g/mol. The van der Waals surface area contributed by atoms with Gasteiger partial charge in [-0.05, 0) is 25.7 Å². The zero-order valence-electron chi connectivity index (χ0n) is 5.77. The van der Waals surface area contributed by atoms with Crippen molar-refractivity contribution >= 4 is 5.71 Å². The van der Waals surface area contributed by atoms with Crippen molar-refractivity contribution in [2.75, 3.05) is 6.67 Å². The number of hydrogen-bond acceptors (Lipinski definition) is 2. The molecule has 0 bridgehead atoms. The van der Waals surface area contributed by atoms with E-state index in [1.165, 1.54) is 37.8 Å². The summed E-state index contributed by atoms with van der Waals surface area (Å²) in [5.74, 6) is 0. The second-order valence-corrected chi connectivity index (χ2v) is 2.47. The highest BCUT2D eigenvalue weighted by molar-refractivity contribution is 5.84. The van der Waals surface area contributed by atoms with Crippen molar-refractivity contribution in [1.29, 1.82) is 0 Å². The van der Waals surface area contributed by atoms with E-state index in [0.717, 1.165) is 0 Å². The first-order valence-electron chi connectivity index (χ1n) is 3.66. The summed E-state index contributed by atoms with van der Waals surface area (Å²) < 4.78 is 0. The Morgan fingerprint density at radius 3 is 2.44 bits per heavy atom. The molecule has 2 nitrogen and oxygen atoms in total. The van der Waals surface area contributed by atoms with Crippen LogP contribution in [-0.2, 0) is 0 Å². The fraction of sp³-hybridized carbons (Fsp3) is 0.857. The molecule has 0 aromatic heterocycles. The summed E-state index contributed by atoms with van der Waals surface area (Å²) in [7, 11) is 0. The standard InChI is InChI=1S/C7H14N2/c8-6-9-7-4-2-1-3-5-7/h1-6,8H2. The number of rotatable bonds is 1. The Bertz CT molecular complexity index is 99.5. The van der Waals surface area contributed by atoms with Crippen molar-refractivity contribution in [2.24, 2.45) is 10.7 Å². The Morgan fingerprint density at radius 2 is 1.89 bits per heavy atom. The number of nitrogens with two attached hydrogens (primary N) is 1. The zero-order chi connectivity index (χ0) is 6.53. The Hall–Kier alpha value is -0.370. The van der Waals surface area contributed by atoms with E-state index in [0.29, 0.717) is 6.67 Å². The number of aliphatic imine (C=N–C) groups is 1. The quantitative estimate of drug-likeness (QED) is 0.565. The summed E-state index contributed by atoms with van der Waals surface area (Å²) >= 11 is 0.